The molecule has 1 aliphatic rings. The lowest BCUT2D eigenvalue weighted by Crippen LogP contribution is -2.47. The Balaban J connectivity index is 2.39. The molecule has 0 aliphatic carbocycles. The summed E-state index contributed by atoms with van der Waals surface area (Å²) in [5.74, 6) is 0.0435. The first-order valence-electron chi connectivity index (χ1n) is 5.26. The van der Waals surface area contributed by atoms with Crippen LogP contribution >= 0.6 is 0 Å². The van der Waals surface area contributed by atoms with Crippen molar-refractivity contribution in [3.63, 3.8) is 0 Å². The van der Waals surface area contributed by atoms with E-state index in [1.165, 1.54) is 7.11 Å². The number of piperidine rings is 1. The Bertz CT molecular complexity index is 279. The number of rotatable bonds is 5. The zero-order chi connectivity index (χ0) is 11.3. The second-order valence-electron chi connectivity index (χ2n) is 4.01. The minimum Gasteiger partial charge on any atom is -0.384 e. The fraction of sp³-hybridized carbons (Fsp3) is 1.00. The van der Waals surface area contributed by atoms with Crippen molar-refractivity contribution in [1.29, 1.82) is 0 Å². The van der Waals surface area contributed by atoms with Gasteiger partial charge in [0.1, 0.15) is 0 Å². The summed E-state index contributed by atoms with van der Waals surface area (Å²) in [7, 11) is -1.67. The minimum atomic E-state index is -3.17. The predicted octanol–water partition coefficient (Wildman–Crippen LogP) is -0.307. The Morgan fingerprint density at radius 1 is 1.53 bits per heavy atom. The first kappa shape index (κ1) is 12.9. The van der Waals surface area contributed by atoms with Crippen molar-refractivity contribution in [2.75, 3.05) is 26.0 Å². The van der Waals surface area contributed by atoms with Crippen LogP contribution in [0.2, 0.25) is 0 Å². The van der Waals surface area contributed by atoms with Gasteiger partial charge in [0.15, 0.2) is 0 Å². The normalized spacial score (nSPS) is 27.9. The number of sulfonamides is 1. The summed E-state index contributed by atoms with van der Waals surface area (Å²) in [6.45, 7) is 3.18. The summed E-state index contributed by atoms with van der Waals surface area (Å²) < 4.78 is 30.6. The number of hydrogen-bond acceptors (Lipinski definition) is 4. The molecule has 1 fully saturated rings. The van der Waals surface area contributed by atoms with E-state index in [1.807, 2.05) is 0 Å². The third-order valence-electron chi connectivity index (χ3n) is 2.53. The molecule has 2 atom stereocenters. The van der Waals surface area contributed by atoms with Crippen molar-refractivity contribution in [1.82, 2.24) is 10.0 Å². The fourth-order valence-corrected chi connectivity index (χ4v) is 2.97. The molecule has 0 bridgehead atoms. The largest absolute Gasteiger partial charge is 0.384 e. The van der Waals surface area contributed by atoms with Crippen molar-refractivity contribution in [2.24, 2.45) is 0 Å². The lowest BCUT2D eigenvalue weighted by atomic mass is 10.0. The Morgan fingerprint density at radius 2 is 2.27 bits per heavy atom. The molecule has 5 nitrogen and oxygen atoms in total. The molecule has 6 heteroatoms. The number of methoxy groups -OCH3 is 1. The van der Waals surface area contributed by atoms with Gasteiger partial charge < -0.3 is 10.1 Å². The van der Waals surface area contributed by atoms with Crippen LogP contribution < -0.4 is 10.0 Å². The van der Waals surface area contributed by atoms with Crippen LogP contribution in [0, 0.1) is 0 Å². The minimum absolute atomic E-state index is 0.0435. The summed E-state index contributed by atoms with van der Waals surface area (Å²) in [6.07, 6.45) is 1.71. The first-order valence-corrected chi connectivity index (χ1v) is 6.91. The maximum atomic E-state index is 11.6. The SMILES string of the molecule is COCCS(=O)(=O)NC1CCNC(C)C1. The van der Waals surface area contributed by atoms with Gasteiger partial charge in [-0.2, -0.15) is 0 Å². The second-order valence-corrected chi connectivity index (χ2v) is 5.88. The molecule has 2 N–H and O–H groups in total. The second kappa shape index (κ2) is 5.79. The molecule has 0 aromatic carbocycles. The van der Waals surface area contributed by atoms with Gasteiger partial charge in [-0.1, -0.05) is 0 Å². The van der Waals surface area contributed by atoms with Crippen LogP contribution in [-0.2, 0) is 14.8 Å². The van der Waals surface area contributed by atoms with Crippen LogP contribution in [-0.4, -0.2) is 46.5 Å². The third-order valence-corrected chi connectivity index (χ3v) is 3.92. The summed E-state index contributed by atoms with van der Waals surface area (Å²) >= 11 is 0. The lowest BCUT2D eigenvalue weighted by Gasteiger charge is -2.28. The van der Waals surface area contributed by atoms with Crippen molar-refractivity contribution in [3.8, 4) is 0 Å². The van der Waals surface area contributed by atoms with Crippen molar-refractivity contribution >= 4 is 10.0 Å². The van der Waals surface area contributed by atoms with E-state index in [1.54, 1.807) is 0 Å². The topological polar surface area (TPSA) is 67.4 Å². The van der Waals surface area contributed by atoms with Gasteiger partial charge in [0.05, 0.1) is 12.4 Å². The zero-order valence-corrected chi connectivity index (χ0v) is 10.1. The number of hydrogen-bond donors (Lipinski definition) is 2. The number of ether oxygens (including phenoxy) is 1. The lowest BCUT2D eigenvalue weighted by molar-refractivity contribution is 0.216. The monoisotopic (exact) mass is 236 g/mol. The third kappa shape index (κ3) is 4.92. The van der Waals surface area contributed by atoms with Crippen LogP contribution in [0.25, 0.3) is 0 Å². The van der Waals surface area contributed by atoms with Crippen molar-refractivity contribution in [3.05, 3.63) is 0 Å². The molecule has 0 aromatic rings. The van der Waals surface area contributed by atoms with Gasteiger partial charge in [0.2, 0.25) is 10.0 Å². The molecule has 1 rings (SSSR count). The molecule has 2 unspecified atom stereocenters. The summed E-state index contributed by atoms with van der Waals surface area (Å²) in [5.41, 5.74) is 0. The van der Waals surface area contributed by atoms with Crippen LogP contribution in [0.1, 0.15) is 19.8 Å². The molecule has 90 valence electrons. The highest BCUT2D eigenvalue weighted by Crippen LogP contribution is 2.09. The molecule has 1 aliphatic heterocycles. The highest BCUT2D eigenvalue weighted by molar-refractivity contribution is 7.89. The molecule has 0 spiro atoms. The molecule has 0 radical (unpaired) electrons. The molecular weight excluding hydrogens is 216 g/mol. The van der Waals surface area contributed by atoms with Crippen LogP contribution in [0.3, 0.4) is 0 Å². The Labute approximate surface area is 91.6 Å². The molecule has 15 heavy (non-hydrogen) atoms. The van der Waals surface area contributed by atoms with Gasteiger partial charge in [-0.15, -0.1) is 0 Å². The highest BCUT2D eigenvalue weighted by Gasteiger charge is 2.22. The fourth-order valence-electron chi connectivity index (χ4n) is 1.74. The Hall–Kier alpha value is -0.170. The summed E-state index contributed by atoms with van der Waals surface area (Å²) in [4.78, 5) is 0. The number of nitrogens with one attached hydrogen (secondary N) is 2. The standard InChI is InChI=1S/C9H20N2O3S/c1-8-7-9(3-4-10-8)11-15(12,13)6-5-14-2/h8-11H,3-7H2,1-2H3. The molecule has 0 saturated carbocycles. The quantitative estimate of drug-likeness (QED) is 0.687. The Morgan fingerprint density at radius 3 is 2.87 bits per heavy atom. The molecular formula is C9H20N2O3S. The van der Waals surface area contributed by atoms with E-state index in [2.05, 4.69) is 17.0 Å². The maximum absolute atomic E-state index is 11.6. The van der Waals surface area contributed by atoms with E-state index in [0.717, 1.165) is 19.4 Å². The maximum Gasteiger partial charge on any atom is 0.214 e. The van der Waals surface area contributed by atoms with E-state index in [0.29, 0.717) is 6.04 Å². The van der Waals surface area contributed by atoms with Crippen molar-refractivity contribution < 1.29 is 13.2 Å². The predicted molar refractivity (Wildman–Crippen MR) is 59.3 cm³/mol. The molecule has 0 amide bonds. The van der Waals surface area contributed by atoms with Gasteiger partial charge >= 0.3 is 0 Å². The van der Waals surface area contributed by atoms with Crippen molar-refractivity contribution in [2.45, 2.75) is 31.8 Å². The van der Waals surface area contributed by atoms with E-state index >= 15 is 0 Å². The average Bonchev–Trinajstić information content (AvgIpc) is 2.14. The molecule has 1 heterocycles. The smallest absolute Gasteiger partial charge is 0.214 e. The zero-order valence-electron chi connectivity index (χ0n) is 9.32. The van der Waals surface area contributed by atoms with Gasteiger partial charge in [-0.25, -0.2) is 13.1 Å². The molecule has 0 aromatic heterocycles. The van der Waals surface area contributed by atoms with Crippen LogP contribution in [0.5, 0.6) is 0 Å². The van der Waals surface area contributed by atoms with Gasteiger partial charge in [0.25, 0.3) is 0 Å². The van der Waals surface area contributed by atoms with E-state index in [4.69, 9.17) is 4.74 Å². The van der Waals surface area contributed by atoms with Crippen LogP contribution in [0.4, 0.5) is 0 Å². The van der Waals surface area contributed by atoms with E-state index in [9.17, 15) is 8.42 Å². The highest BCUT2D eigenvalue weighted by atomic mass is 32.2. The van der Waals surface area contributed by atoms with Gasteiger partial charge in [0, 0.05) is 19.2 Å². The average molecular weight is 236 g/mol. The van der Waals surface area contributed by atoms with Gasteiger partial charge in [-0.3, -0.25) is 0 Å². The van der Waals surface area contributed by atoms with E-state index < -0.39 is 10.0 Å². The molecule has 1 saturated heterocycles. The summed E-state index contributed by atoms with van der Waals surface area (Å²) in [5, 5.41) is 3.28. The first-order chi connectivity index (χ1) is 7.03. The van der Waals surface area contributed by atoms with Crippen LogP contribution in [0.15, 0.2) is 0 Å². The Kier molecular flexibility index (Phi) is 4.98. The summed E-state index contributed by atoms with van der Waals surface area (Å²) in [6, 6.07) is 0.456. The van der Waals surface area contributed by atoms with E-state index in [-0.39, 0.29) is 18.4 Å². The van der Waals surface area contributed by atoms with Gasteiger partial charge in [-0.05, 0) is 26.3 Å².